The average molecular weight is 442 g/mol. The van der Waals surface area contributed by atoms with Gasteiger partial charge in [-0.15, -0.1) is 0 Å². The number of rotatable bonds is 6. The Morgan fingerprint density at radius 3 is 2.39 bits per heavy atom. The van der Waals surface area contributed by atoms with Crippen LogP contribution >= 0.6 is 34.8 Å². The zero-order valence-corrected chi connectivity index (χ0v) is 17.1. The van der Waals surface area contributed by atoms with Crippen LogP contribution in [0.5, 0.6) is 0 Å². The van der Waals surface area contributed by atoms with E-state index >= 15 is 0 Å². The van der Waals surface area contributed by atoms with Gasteiger partial charge in [0.25, 0.3) is 0 Å². The van der Waals surface area contributed by atoms with E-state index < -0.39 is 11.9 Å². The Balaban J connectivity index is 2.06. The largest absolute Gasteiger partial charge is 0.465 e. The highest BCUT2D eigenvalue weighted by Crippen LogP contribution is 2.34. The van der Waals surface area contributed by atoms with Crippen molar-refractivity contribution >= 4 is 40.8 Å². The first-order valence-electron chi connectivity index (χ1n) is 8.50. The van der Waals surface area contributed by atoms with Crippen LogP contribution in [0.3, 0.4) is 0 Å². The van der Waals surface area contributed by atoms with E-state index in [4.69, 9.17) is 39.5 Å². The van der Waals surface area contributed by atoms with E-state index in [2.05, 4.69) is 5.10 Å². The quantitative estimate of drug-likeness (QED) is 0.450. The minimum Gasteiger partial charge on any atom is -0.465 e. The molecule has 0 N–H and O–H groups in total. The van der Waals surface area contributed by atoms with E-state index in [1.54, 1.807) is 43.5 Å². The number of nitrogens with zero attached hydrogens (tertiary/aromatic N) is 2. The summed E-state index contributed by atoms with van der Waals surface area (Å²) in [6.45, 7) is 1.96. The van der Waals surface area contributed by atoms with Crippen LogP contribution in [0.1, 0.15) is 24.1 Å². The summed E-state index contributed by atoms with van der Waals surface area (Å²) in [5.74, 6) is -1.45. The first kappa shape index (κ1) is 20.6. The van der Waals surface area contributed by atoms with Gasteiger partial charge in [-0.2, -0.15) is 5.10 Å². The molecular formula is C20H16Cl3FN2O2. The number of halogens is 4. The van der Waals surface area contributed by atoms with Crippen molar-refractivity contribution in [3.8, 4) is 5.69 Å². The van der Waals surface area contributed by atoms with Gasteiger partial charge in [-0.1, -0.05) is 46.9 Å². The summed E-state index contributed by atoms with van der Waals surface area (Å²) >= 11 is 18.7. The predicted molar refractivity (Wildman–Crippen MR) is 108 cm³/mol. The third kappa shape index (κ3) is 4.49. The fourth-order valence-electron chi connectivity index (χ4n) is 2.91. The summed E-state index contributed by atoms with van der Waals surface area (Å²) in [6, 6.07) is 10.8. The Hall–Kier alpha value is -2.08. The zero-order chi connectivity index (χ0) is 20.3. The number of carbonyl (C=O) groups is 1. The molecule has 0 aliphatic heterocycles. The average Bonchev–Trinajstić information content (AvgIpc) is 3.09. The van der Waals surface area contributed by atoms with E-state index in [1.807, 2.05) is 0 Å². The summed E-state index contributed by atoms with van der Waals surface area (Å²) in [5, 5.41) is 5.28. The number of hydrogen-bond acceptors (Lipinski definition) is 3. The van der Waals surface area contributed by atoms with Gasteiger partial charge in [0.2, 0.25) is 0 Å². The predicted octanol–water partition coefficient (Wildman–Crippen LogP) is 5.86. The smallest absolute Gasteiger partial charge is 0.315 e. The lowest BCUT2D eigenvalue weighted by atomic mass is 9.96. The number of esters is 1. The minimum absolute atomic E-state index is 0.231. The fourth-order valence-corrected chi connectivity index (χ4v) is 3.89. The van der Waals surface area contributed by atoms with Gasteiger partial charge in [0.15, 0.2) is 0 Å². The van der Waals surface area contributed by atoms with Gasteiger partial charge >= 0.3 is 5.97 Å². The Labute approximate surface area is 176 Å². The SMILES string of the molecule is CCOC(=O)[C@@H](Cc1ccc(F)cc1)c1ccnn1-c1c(Cl)cc(Cl)cc1Cl. The van der Waals surface area contributed by atoms with Crippen molar-refractivity contribution in [2.75, 3.05) is 6.61 Å². The molecule has 0 amide bonds. The summed E-state index contributed by atoms with van der Waals surface area (Å²) in [4.78, 5) is 12.7. The maximum atomic E-state index is 13.2. The first-order valence-corrected chi connectivity index (χ1v) is 9.64. The maximum Gasteiger partial charge on any atom is 0.315 e. The topological polar surface area (TPSA) is 44.1 Å². The van der Waals surface area contributed by atoms with Crippen molar-refractivity contribution in [2.45, 2.75) is 19.3 Å². The number of hydrogen-bond donors (Lipinski definition) is 0. The van der Waals surface area contributed by atoms with Crippen molar-refractivity contribution < 1.29 is 13.9 Å². The summed E-state index contributed by atoms with van der Waals surface area (Å²) < 4.78 is 20.0. The molecule has 1 aromatic heterocycles. The summed E-state index contributed by atoms with van der Waals surface area (Å²) in [7, 11) is 0. The third-order valence-corrected chi connectivity index (χ3v) is 4.94. The van der Waals surface area contributed by atoms with E-state index in [9.17, 15) is 9.18 Å². The van der Waals surface area contributed by atoms with Crippen LogP contribution in [-0.4, -0.2) is 22.4 Å². The van der Waals surface area contributed by atoms with Crippen LogP contribution in [0.15, 0.2) is 48.7 Å². The molecule has 0 saturated carbocycles. The molecule has 4 nitrogen and oxygen atoms in total. The normalized spacial score (nSPS) is 12.0. The van der Waals surface area contributed by atoms with Gasteiger partial charge in [-0.05, 0) is 49.2 Å². The summed E-state index contributed by atoms with van der Waals surface area (Å²) in [6.07, 6.45) is 1.85. The molecule has 0 saturated heterocycles. The van der Waals surface area contributed by atoms with Crippen LogP contribution in [0.2, 0.25) is 15.1 Å². The van der Waals surface area contributed by atoms with Crippen LogP contribution < -0.4 is 0 Å². The molecule has 1 heterocycles. The molecule has 28 heavy (non-hydrogen) atoms. The second kappa shape index (κ2) is 8.95. The number of aromatic nitrogens is 2. The zero-order valence-electron chi connectivity index (χ0n) is 14.8. The van der Waals surface area contributed by atoms with Crippen molar-refractivity contribution in [2.24, 2.45) is 0 Å². The minimum atomic E-state index is -0.685. The van der Waals surface area contributed by atoms with Gasteiger partial charge in [-0.3, -0.25) is 4.79 Å². The highest BCUT2D eigenvalue weighted by molar-refractivity contribution is 6.40. The van der Waals surface area contributed by atoms with Crippen molar-refractivity contribution in [1.29, 1.82) is 0 Å². The molecular weight excluding hydrogens is 426 g/mol. The Bertz CT molecular complexity index is 966. The van der Waals surface area contributed by atoms with E-state index in [0.29, 0.717) is 32.9 Å². The Kier molecular flexibility index (Phi) is 6.60. The number of carbonyl (C=O) groups excluding carboxylic acids is 1. The van der Waals surface area contributed by atoms with Gasteiger partial charge in [0.1, 0.15) is 17.4 Å². The van der Waals surface area contributed by atoms with Crippen molar-refractivity contribution in [3.63, 3.8) is 0 Å². The molecule has 0 spiro atoms. The van der Waals surface area contributed by atoms with Crippen molar-refractivity contribution in [1.82, 2.24) is 9.78 Å². The second-order valence-electron chi connectivity index (χ2n) is 6.02. The highest BCUT2D eigenvalue weighted by atomic mass is 35.5. The van der Waals surface area contributed by atoms with Crippen LogP contribution in [0.4, 0.5) is 4.39 Å². The standard InChI is InChI=1S/C20H16Cl3FN2O2/c1-2-28-20(27)15(9-12-3-5-14(24)6-4-12)18-7-8-25-26(18)19-16(22)10-13(21)11-17(19)23/h3-8,10-11,15H,2,9H2,1H3/t15-/m0/s1. The highest BCUT2D eigenvalue weighted by Gasteiger charge is 2.28. The van der Waals surface area contributed by atoms with E-state index in [-0.39, 0.29) is 12.4 Å². The molecule has 0 aliphatic carbocycles. The molecule has 3 rings (SSSR count). The molecule has 8 heteroatoms. The van der Waals surface area contributed by atoms with Crippen LogP contribution in [0.25, 0.3) is 5.69 Å². The fraction of sp³-hybridized carbons (Fsp3) is 0.200. The monoisotopic (exact) mass is 440 g/mol. The summed E-state index contributed by atoms with van der Waals surface area (Å²) in [5.41, 5.74) is 1.75. The molecule has 146 valence electrons. The lowest BCUT2D eigenvalue weighted by Crippen LogP contribution is -2.21. The number of ether oxygens (including phenoxy) is 1. The van der Waals surface area contributed by atoms with Gasteiger partial charge in [0, 0.05) is 11.2 Å². The molecule has 0 aliphatic rings. The first-order chi connectivity index (χ1) is 13.4. The molecule has 0 unspecified atom stereocenters. The van der Waals surface area contributed by atoms with Crippen LogP contribution in [0, 0.1) is 5.82 Å². The van der Waals surface area contributed by atoms with Gasteiger partial charge in [-0.25, -0.2) is 9.07 Å². The number of benzene rings is 2. The third-order valence-electron chi connectivity index (χ3n) is 4.15. The van der Waals surface area contributed by atoms with Gasteiger partial charge in [0.05, 0.1) is 22.3 Å². The molecule has 0 fully saturated rings. The van der Waals surface area contributed by atoms with E-state index in [1.165, 1.54) is 16.8 Å². The van der Waals surface area contributed by atoms with Crippen LogP contribution in [-0.2, 0) is 16.0 Å². The van der Waals surface area contributed by atoms with E-state index in [0.717, 1.165) is 5.56 Å². The van der Waals surface area contributed by atoms with Gasteiger partial charge < -0.3 is 4.74 Å². The molecule has 0 radical (unpaired) electrons. The molecule has 2 aromatic carbocycles. The molecule has 3 aromatic rings. The van der Waals surface area contributed by atoms with Crippen molar-refractivity contribution in [3.05, 3.63) is 80.8 Å². The Morgan fingerprint density at radius 2 is 1.79 bits per heavy atom. The Morgan fingerprint density at radius 1 is 1.14 bits per heavy atom. The maximum absolute atomic E-state index is 13.2. The lowest BCUT2D eigenvalue weighted by molar-refractivity contribution is -0.145. The second-order valence-corrected chi connectivity index (χ2v) is 7.27. The molecule has 0 bridgehead atoms. The molecule has 1 atom stereocenters. The lowest BCUT2D eigenvalue weighted by Gasteiger charge is -2.19.